The van der Waals surface area contributed by atoms with E-state index in [9.17, 15) is 0 Å². The molecule has 1 aliphatic rings. The zero-order valence-corrected chi connectivity index (χ0v) is 13.5. The highest BCUT2D eigenvalue weighted by atomic mass is 15.3. The molecule has 0 amide bonds. The molecule has 0 bridgehead atoms. The van der Waals surface area contributed by atoms with E-state index in [1.54, 1.807) is 0 Å². The minimum atomic E-state index is 0.653. The molecule has 0 spiro atoms. The molecular weight excluding hydrogens is 258 g/mol. The fourth-order valence-corrected chi connectivity index (χ4v) is 3.91. The quantitative estimate of drug-likeness (QED) is 0.901. The fourth-order valence-electron chi connectivity index (χ4n) is 3.91. The second-order valence-electron chi connectivity index (χ2n) is 6.37. The average molecular weight is 285 g/mol. The zero-order chi connectivity index (χ0) is 14.8. The van der Waals surface area contributed by atoms with Gasteiger partial charge in [0.2, 0.25) is 0 Å². The van der Waals surface area contributed by atoms with Crippen molar-refractivity contribution in [3.63, 3.8) is 0 Å². The predicted molar refractivity (Wildman–Crippen MR) is 88.2 cm³/mol. The van der Waals surface area contributed by atoms with Crippen molar-refractivity contribution in [3.8, 4) is 0 Å². The lowest BCUT2D eigenvalue weighted by Crippen LogP contribution is -2.32. The molecular formula is C18H27N3. The van der Waals surface area contributed by atoms with Gasteiger partial charge < -0.3 is 5.32 Å². The first-order chi connectivity index (χ1) is 10.2. The van der Waals surface area contributed by atoms with Gasteiger partial charge in [0.25, 0.3) is 0 Å². The van der Waals surface area contributed by atoms with Gasteiger partial charge >= 0.3 is 0 Å². The smallest absolute Gasteiger partial charge is 0.0841 e. The van der Waals surface area contributed by atoms with E-state index in [1.165, 1.54) is 35.9 Å². The van der Waals surface area contributed by atoms with Gasteiger partial charge in [0.05, 0.1) is 11.2 Å². The van der Waals surface area contributed by atoms with Crippen molar-refractivity contribution in [1.82, 2.24) is 15.1 Å². The van der Waals surface area contributed by atoms with Crippen molar-refractivity contribution in [1.29, 1.82) is 0 Å². The number of nitrogens with zero attached hydrogens (tertiary/aromatic N) is 2. The molecule has 3 atom stereocenters. The van der Waals surface area contributed by atoms with E-state index < -0.39 is 0 Å². The van der Waals surface area contributed by atoms with Gasteiger partial charge in [0.1, 0.15) is 0 Å². The molecule has 0 aliphatic heterocycles. The monoisotopic (exact) mass is 285 g/mol. The van der Waals surface area contributed by atoms with Gasteiger partial charge in [-0.25, -0.2) is 0 Å². The third-order valence-electron chi connectivity index (χ3n) is 5.32. The standard InChI is InChI=1S/C18H27N3/c1-4-14-10-11-16(13(14)3)19-12-17-15-8-6-7-9-18(15)21(5-2)20-17/h6-9,13-14,16,19H,4-5,10-12H2,1-3H3. The van der Waals surface area contributed by atoms with Crippen LogP contribution in [0, 0.1) is 11.8 Å². The summed E-state index contributed by atoms with van der Waals surface area (Å²) >= 11 is 0. The second kappa shape index (κ2) is 6.18. The Morgan fingerprint density at radius 1 is 1.24 bits per heavy atom. The molecule has 1 heterocycles. The van der Waals surface area contributed by atoms with E-state index in [1.807, 2.05) is 0 Å². The summed E-state index contributed by atoms with van der Waals surface area (Å²) in [6.07, 6.45) is 4.00. The Kier molecular flexibility index (Phi) is 4.29. The molecule has 1 aromatic heterocycles. The Balaban J connectivity index is 1.74. The van der Waals surface area contributed by atoms with Crippen molar-refractivity contribution in [2.75, 3.05) is 0 Å². The number of nitrogens with one attached hydrogen (secondary N) is 1. The van der Waals surface area contributed by atoms with E-state index in [0.29, 0.717) is 6.04 Å². The van der Waals surface area contributed by atoms with Crippen molar-refractivity contribution >= 4 is 10.9 Å². The Morgan fingerprint density at radius 3 is 2.76 bits per heavy atom. The summed E-state index contributed by atoms with van der Waals surface area (Å²) in [5.41, 5.74) is 2.45. The summed E-state index contributed by atoms with van der Waals surface area (Å²) in [7, 11) is 0. The highest BCUT2D eigenvalue weighted by molar-refractivity contribution is 5.81. The third-order valence-corrected chi connectivity index (χ3v) is 5.32. The molecule has 1 fully saturated rings. The highest BCUT2D eigenvalue weighted by Gasteiger charge is 2.31. The molecule has 3 nitrogen and oxygen atoms in total. The van der Waals surface area contributed by atoms with Crippen LogP contribution >= 0.6 is 0 Å². The van der Waals surface area contributed by atoms with Crippen LogP contribution in [0.15, 0.2) is 24.3 Å². The van der Waals surface area contributed by atoms with Gasteiger partial charge in [-0.15, -0.1) is 0 Å². The minimum absolute atomic E-state index is 0.653. The van der Waals surface area contributed by atoms with Crippen molar-refractivity contribution in [3.05, 3.63) is 30.0 Å². The summed E-state index contributed by atoms with van der Waals surface area (Å²) in [5.74, 6) is 1.68. The highest BCUT2D eigenvalue weighted by Crippen LogP contribution is 2.34. The Bertz CT molecular complexity index is 602. The van der Waals surface area contributed by atoms with Gasteiger partial charge in [-0.05, 0) is 37.7 Å². The topological polar surface area (TPSA) is 29.9 Å². The lowest BCUT2D eigenvalue weighted by Gasteiger charge is -2.20. The van der Waals surface area contributed by atoms with Crippen LogP contribution in [-0.2, 0) is 13.1 Å². The summed E-state index contributed by atoms with van der Waals surface area (Å²) in [4.78, 5) is 0. The number of benzene rings is 1. The van der Waals surface area contributed by atoms with Crippen LogP contribution in [0.2, 0.25) is 0 Å². The van der Waals surface area contributed by atoms with E-state index in [0.717, 1.165) is 24.9 Å². The second-order valence-corrected chi connectivity index (χ2v) is 6.37. The number of rotatable bonds is 5. The molecule has 0 saturated heterocycles. The fraction of sp³-hybridized carbons (Fsp3) is 0.611. The number of para-hydroxylation sites is 1. The molecule has 1 aromatic carbocycles. The molecule has 2 aromatic rings. The summed E-state index contributed by atoms with van der Waals surface area (Å²) in [6.45, 7) is 8.69. The molecule has 21 heavy (non-hydrogen) atoms. The Morgan fingerprint density at radius 2 is 2.05 bits per heavy atom. The molecule has 1 N–H and O–H groups in total. The first-order valence-electron chi connectivity index (χ1n) is 8.42. The lowest BCUT2D eigenvalue weighted by atomic mass is 9.93. The van der Waals surface area contributed by atoms with Gasteiger partial charge in [0.15, 0.2) is 0 Å². The summed E-state index contributed by atoms with van der Waals surface area (Å²) in [6, 6.07) is 9.22. The summed E-state index contributed by atoms with van der Waals surface area (Å²) in [5, 5.41) is 9.85. The maximum absolute atomic E-state index is 4.79. The van der Waals surface area contributed by atoms with Crippen molar-refractivity contribution in [2.24, 2.45) is 11.8 Å². The van der Waals surface area contributed by atoms with E-state index in [-0.39, 0.29) is 0 Å². The lowest BCUT2D eigenvalue weighted by molar-refractivity contribution is 0.343. The minimum Gasteiger partial charge on any atom is -0.308 e. The average Bonchev–Trinajstić information content (AvgIpc) is 3.06. The van der Waals surface area contributed by atoms with Gasteiger partial charge in [-0.2, -0.15) is 5.10 Å². The predicted octanol–water partition coefficient (Wildman–Crippen LogP) is 3.97. The zero-order valence-electron chi connectivity index (χ0n) is 13.5. The number of fused-ring (bicyclic) bond motifs is 1. The van der Waals surface area contributed by atoms with Crippen LogP contribution in [-0.4, -0.2) is 15.8 Å². The Labute approximate surface area is 127 Å². The molecule has 3 unspecified atom stereocenters. The molecule has 1 saturated carbocycles. The van der Waals surface area contributed by atoms with Crippen LogP contribution in [0.3, 0.4) is 0 Å². The molecule has 0 radical (unpaired) electrons. The van der Waals surface area contributed by atoms with Crippen LogP contribution < -0.4 is 5.32 Å². The molecule has 114 valence electrons. The van der Waals surface area contributed by atoms with Gasteiger partial charge in [0, 0.05) is 24.5 Å². The third kappa shape index (κ3) is 2.71. The molecule has 3 rings (SSSR count). The number of aromatic nitrogens is 2. The molecule has 3 heteroatoms. The first kappa shape index (κ1) is 14.6. The maximum atomic E-state index is 4.79. The van der Waals surface area contributed by atoms with E-state index in [4.69, 9.17) is 5.10 Å². The van der Waals surface area contributed by atoms with E-state index in [2.05, 4.69) is 55.0 Å². The first-order valence-corrected chi connectivity index (χ1v) is 8.42. The Hall–Kier alpha value is -1.35. The SMILES string of the molecule is CCC1CCC(NCc2nn(CC)c3ccccc23)C1C. The largest absolute Gasteiger partial charge is 0.308 e. The van der Waals surface area contributed by atoms with Crippen molar-refractivity contribution in [2.45, 2.75) is 59.2 Å². The van der Waals surface area contributed by atoms with Crippen molar-refractivity contribution < 1.29 is 0 Å². The van der Waals surface area contributed by atoms with Gasteiger partial charge in [-0.1, -0.05) is 38.5 Å². The van der Waals surface area contributed by atoms with Crippen LogP contribution in [0.25, 0.3) is 10.9 Å². The van der Waals surface area contributed by atoms with E-state index >= 15 is 0 Å². The van der Waals surface area contributed by atoms with Crippen LogP contribution in [0.4, 0.5) is 0 Å². The summed E-state index contributed by atoms with van der Waals surface area (Å²) < 4.78 is 2.11. The maximum Gasteiger partial charge on any atom is 0.0841 e. The van der Waals surface area contributed by atoms with Crippen LogP contribution in [0.1, 0.15) is 45.7 Å². The number of hydrogen-bond donors (Lipinski definition) is 1. The van der Waals surface area contributed by atoms with Crippen LogP contribution in [0.5, 0.6) is 0 Å². The number of hydrogen-bond acceptors (Lipinski definition) is 2. The van der Waals surface area contributed by atoms with Gasteiger partial charge in [-0.3, -0.25) is 4.68 Å². The number of aryl methyl sites for hydroxylation is 1. The molecule has 1 aliphatic carbocycles. The normalized spacial score (nSPS) is 25.8.